The Hall–Kier alpha value is -0.180. The van der Waals surface area contributed by atoms with Crippen LogP contribution in [-0.4, -0.2) is 19.0 Å². The van der Waals surface area contributed by atoms with E-state index in [-0.39, 0.29) is 12.8 Å². The van der Waals surface area contributed by atoms with Crippen molar-refractivity contribution in [2.45, 2.75) is 57.9 Å². The molecule has 0 amide bonds. The van der Waals surface area contributed by atoms with Crippen molar-refractivity contribution in [3.05, 3.63) is 0 Å². The topological polar surface area (TPSA) is 12.0 Å². The molecule has 1 nitrogen and oxygen atoms in total. The molecule has 1 atom stereocenters. The zero-order valence-electron chi connectivity index (χ0n) is 10.0. The molecule has 0 saturated heterocycles. The molecule has 0 spiro atoms. The Bertz CT molecular complexity index is 182. The fourth-order valence-electron chi connectivity index (χ4n) is 2.52. The second-order valence-corrected chi connectivity index (χ2v) is 5.22. The fourth-order valence-corrected chi connectivity index (χ4v) is 2.52. The van der Waals surface area contributed by atoms with Crippen LogP contribution in [0.4, 0.5) is 8.78 Å². The molecule has 1 saturated carbocycles. The summed E-state index contributed by atoms with van der Waals surface area (Å²) < 4.78 is 26.0. The zero-order chi connectivity index (χ0) is 11.5. The van der Waals surface area contributed by atoms with Crippen molar-refractivity contribution in [3.63, 3.8) is 0 Å². The van der Waals surface area contributed by atoms with Gasteiger partial charge < -0.3 is 5.32 Å². The summed E-state index contributed by atoms with van der Waals surface area (Å²) >= 11 is 0. The van der Waals surface area contributed by atoms with Crippen molar-refractivity contribution in [1.29, 1.82) is 0 Å². The van der Waals surface area contributed by atoms with E-state index in [1.165, 1.54) is 0 Å². The predicted molar refractivity (Wildman–Crippen MR) is 59.2 cm³/mol. The van der Waals surface area contributed by atoms with Crippen molar-refractivity contribution in [1.82, 2.24) is 5.32 Å². The zero-order valence-corrected chi connectivity index (χ0v) is 10.0. The van der Waals surface area contributed by atoms with Gasteiger partial charge in [-0.1, -0.05) is 13.8 Å². The Balaban J connectivity index is 2.42. The molecular weight excluding hydrogens is 196 g/mol. The van der Waals surface area contributed by atoms with Crippen LogP contribution < -0.4 is 5.32 Å². The Labute approximate surface area is 91.6 Å². The second-order valence-electron chi connectivity index (χ2n) is 5.22. The van der Waals surface area contributed by atoms with Crippen LogP contribution in [0.25, 0.3) is 0 Å². The van der Waals surface area contributed by atoms with Gasteiger partial charge in [0.1, 0.15) is 0 Å². The van der Waals surface area contributed by atoms with Gasteiger partial charge in [0.2, 0.25) is 5.92 Å². The summed E-state index contributed by atoms with van der Waals surface area (Å²) in [5.74, 6) is -1.32. The van der Waals surface area contributed by atoms with Crippen molar-refractivity contribution < 1.29 is 8.78 Å². The third-order valence-electron chi connectivity index (χ3n) is 3.43. The minimum absolute atomic E-state index is 0.0773. The highest BCUT2D eigenvalue weighted by Crippen LogP contribution is 2.38. The summed E-state index contributed by atoms with van der Waals surface area (Å²) in [7, 11) is 1.94. The highest BCUT2D eigenvalue weighted by Gasteiger charge is 2.37. The maximum absolute atomic E-state index is 13.0. The van der Waals surface area contributed by atoms with Crippen LogP contribution in [-0.2, 0) is 0 Å². The van der Waals surface area contributed by atoms with Crippen LogP contribution in [0.5, 0.6) is 0 Å². The standard InChI is InChI=1S/C12H23F2N/c1-9(2)8-11(15-3)10-4-6-12(13,14)7-5-10/h9-11,15H,4-8H2,1-3H3. The molecule has 0 aromatic carbocycles. The molecule has 1 unspecified atom stereocenters. The monoisotopic (exact) mass is 219 g/mol. The first-order valence-corrected chi connectivity index (χ1v) is 5.99. The Morgan fingerprint density at radius 2 is 1.80 bits per heavy atom. The molecule has 0 heterocycles. The highest BCUT2D eigenvalue weighted by atomic mass is 19.3. The van der Waals surface area contributed by atoms with Crippen molar-refractivity contribution in [3.8, 4) is 0 Å². The SMILES string of the molecule is CNC(CC(C)C)C1CCC(F)(F)CC1. The smallest absolute Gasteiger partial charge is 0.248 e. The maximum atomic E-state index is 13.0. The van der Waals surface area contributed by atoms with Gasteiger partial charge in [0.25, 0.3) is 0 Å². The lowest BCUT2D eigenvalue weighted by atomic mass is 9.79. The van der Waals surface area contributed by atoms with Crippen LogP contribution in [0.2, 0.25) is 0 Å². The quantitative estimate of drug-likeness (QED) is 0.763. The lowest BCUT2D eigenvalue weighted by Gasteiger charge is -2.34. The van der Waals surface area contributed by atoms with Gasteiger partial charge in [0, 0.05) is 18.9 Å². The first kappa shape index (κ1) is 12.9. The Kier molecular flexibility index (Phi) is 4.50. The highest BCUT2D eigenvalue weighted by molar-refractivity contribution is 4.84. The first-order chi connectivity index (χ1) is 6.94. The van der Waals surface area contributed by atoms with Crippen molar-refractivity contribution in [2.24, 2.45) is 11.8 Å². The first-order valence-electron chi connectivity index (χ1n) is 5.99. The summed E-state index contributed by atoms with van der Waals surface area (Å²) in [6.07, 6.45) is 2.59. The molecule has 0 bridgehead atoms. The Morgan fingerprint density at radius 3 is 2.20 bits per heavy atom. The van der Waals surface area contributed by atoms with Crippen molar-refractivity contribution >= 4 is 0 Å². The third kappa shape index (κ3) is 4.06. The molecule has 1 aliphatic carbocycles. The van der Waals surface area contributed by atoms with Gasteiger partial charge in [0.15, 0.2) is 0 Å². The normalized spacial score (nSPS) is 24.4. The average Bonchev–Trinajstić information content (AvgIpc) is 2.14. The van der Waals surface area contributed by atoms with E-state index in [4.69, 9.17) is 0 Å². The molecule has 0 aliphatic heterocycles. The van der Waals surface area contributed by atoms with Crippen LogP contribution in [0, 0.1) is 11.8 Å². The maximum Gasteiger partial charge on any atom is 0.248 e. The van der Waals surface area contributed by atoms with Gasteiger partial charge in [-0.15, -0.1) is 0 Å². The van der Waals surface area contributed by atoms with E-state index in [0.717, 1.165) is 6.42 Å². The van der Waals surface area contributed by atoms with E-state index < -0.39 is 5.92 Å². The van der Waals surface area contributed by atoms with Crippen molar-refractivity contribution in [2.75, 3.05) is 7.05 Å². The summed E-state index contributed by atoms with van der Waals surface area (Å²) in [6.45, 7) is 4.36. The van der Waals surface area contributed by atoms with E-state index in [0.29, 0.717) is 30.7 Å². The molecule has 1 fully saturated rings. The van der Waals surface area contributed by atoms with Gasteiger partial charge >= 0.3 is 0 Å². The predicted octanol–water partition coefficient (Wildman–Crippen LogP) is 3.45. The molecule has 15 heavy (non-hydrogen) atoms. The van der Waals surface area contributed by atoms with Crippen LogP contribution in [0.3, 0.4) is 0 Å². The van der Waals surface area contributed by atoms with Gasteiger partial charge in [0.05, 0.1) is 0 Å². The number of halogens is 2. The van der Waals surface area contributed by atoms with E-state index in [1.54, 1.807) is 0 Å². The Morgan fingerprint density at radius 1 is 1.27 bits per heavy atom. The van der Waals surface area contributed by atoms with Gasteiger partial charge in [-0.2, -0.15) is 0 Å². The summed E-state index contributed by atoms with van der Waals surface area (Å²) in [4.78, 5) is 0. The van der Waals surface area contributed by atoms with Crippen LogP contribution >= 0.6 is 0 Å². The third-order valence-corrected chi connectivity index (χ3v) is 3.43. The minimum atomic E-state index is -2.40. The summed E-state index contributed by atoms with van der Waals surface area (Å²) in [5, 5.41) is 3.29. The van der Waals surface area contributed by atoms with Gasteiger partial charge in [-0.25, -0.2) is 8.78 Å². The molecule has 0 aromatic heterocycles. The molecule has 0 radical (unpaired) electrons. The van der Waals surface area contributed by atoms with E-state index in [9.17, 15) is 8.78 Å². The molecule has 1 N–H and O–H groups in total. The molecular formula is C12H23F2N. The summed E-state index contributed by atoms with van der Waals surface area (Å²) in [5.41, 5.74) is 0. The van der Waals surface area contributed by atoms with E-state index >= 15 is 0 Å². The number of rotatable bonds is 4. The average molecular weight is 219 g/mol. The molecule has 3 heteroatoms. The molecule has 0 aromatic rings. The van der Waals surface area contributed by atoms with E-state index in [2.05, 4.69) is 19.2 Å². The summed E-state index contributed by atoms with van der Waals surface area (Å²) in [6, 6.07) is 0.418. The number of hydrogen-bond donors (Lipinski definition) is 1. The van der Waals surface area contributed by atoms with Crippen LogP contribution in [0.15, 0.2) is 0 Å². The van der Waals surface area contributed by atoms with Crippen LogP contribution in [0.1, 0.15) is 46.0 Å². The lowest BCUT2D eigenvalue weighted by Crippen LogP contribution is -2.39. The minimum Gasteiger partial charge on any atom is -0.317 e. The van der Waals surface area contributed by atoms with E-state index in [1.807, 2.05) is 7.05 Å². The number of alkyl halides is 2. The largest absolute Gasteiger partial charge is 0.317 e. The molecule has 1 rings (SSSR count). The molecule has 90 valence electrons. The second kappa shape index (κ2) is 5.24. The van der Waals surface area contributed by atoms with Gasteiger partial charge in [-0.3, -0.25) is 0 Å². The number of hydrogen-bond acceptors (Lipinski definition) is 1. The molecule has 1 aliphatic rings. The fraction of sp³-hybridized carbons (Fsp3) is 1.00. The van der Waals surface area contributed by atoms with Gasteiger partial charge in [-0.05, 0) is 38.1 Å². The lowest BCUT2D eigenvalue weighted by molar-refractivity contribution is -0.0499. The number of nitrogens with one attached hydrogen (secondary N) is 1.